The molecule has 2 amide bonds. The van der Waals surface area contributed by atoms with Crippen molar-refractivity contribution in [2.45, 2.75) is 43.4 Å². The summed E-state index contributed by atoms with van der Waals surface area (Å²) in [5, 5.41) is 0.594. The van der Waals surface area contributed by atoms with E-state index in [1.54, 1.807) is 0 Å². The van der Waals surface area contributed by atoms with E-state index >= 15 is 0 Å². The minimum Gasteiger partial charge on any atom is -0.339 e. The third kappa shape index (κ3) is 2.25. The van der Waals surface area contributed by atoms with E-state index in [2.05, 4.69) is 0 Å². The summed E-state index contributed by atoms with van der Waals surface area (Å²) >= 11 is 1.98. The first-order chi connectivity index (χ1) is 8.75. The number of rotatable bonds is 2. The molecule has 0 saturated carbocycles. The molecule has 3 saturated heterocycles. The number of amides is 2. The van der Waals surface area contributed by atoms with E-state index in [1.807, 2.05) is 21.6 Å². The van der Waals surface area contributed by atoms with E-state index in [0.717, 1.165) is 25.9 Å². The molecule has 0 aromatic heterocycles. The fraction of sp³-hybridized carbons (Fsp3) is 0.846. The number of thioether (sulfide) groups is 1. The van der Waals surface area contributed by atoms with Crippen LogP contribution in [-0.2, 0) is 9.59 Å². The van der Waals surface area contributed by atoms with E-state index in [9.17, 15) is 9.59 Å². The number of carbonyl (C=O) groups is 2. The van der Waals surface area contributed by atoms with Crippen molar-refractivity contribution in [3.8, 4) is 0 Å². The van der Waals surface area contributed by atoms with Crippen molar-refractivity contribution in [2.75, 3.05) is 25.4 Å². The lowest BCUT2D eigenvalue weighted by Gasteiger charge is -2.27. The zero-order valence-corrected chi connectivity index (χ0v) is 11.5. The van der Waals surface area contributed by atoms with Gasteiger partial charge in [-0.3, -0.25) is 9.59 Å². The molecule has 0 aromatic rings. The van der Waals surface area contributed by atoms with Gasteiger partial charge in [0.15, 0.2) is 0 Å². The highest BCUT2D eigenvalue weighted by Gasteiger charge is 2.39. The Kier molecular flexibility index (Phi) is 3.50. The molecule has 3 aliphatic rings. The molecule has 3 rings (SSSR count). The predicted molar refractivity (Wildman–Crippen MR) is 71.4 cm³/mol. The molecule has 0 aliphatic carbocycles. The summed E-state index contributed by atoms with van der Waals surface area (Å²) in [5.74, 6) is 1.60. The molecular formula is C13H20N2O2S. The predicted octanol–water partition coefficient (Wildman–Crippen LogP) is 1.11. The summed E-state index contributed by atoms with van der Waals surface area (Å²) < 4.78 is 0. The average Bonchev–Trinajstić information content (AvgIpc) is 3.01. The van der Waals surface area contributed by atoms with Crippen LogP contribution in [0.5, 0.6) is 0 Å². The Morgan fingerprint density at radius 1 is 1.17 bits per heavy atom. The van der Waals surface area contributed by atoms with Gasteiger partial charge in [0.25, 0.3) is 0 Å². The van der Waals surface area contributed by atoms with Gasteiger partial charge in [0.05, 0.1) is 0 Å². The van der Waals surface area contributed by atoms with Gasteiger partial charge in [0, 0.05) is 31.3 Å². The zero-order chi connectivity index (χ0) is 12.5. The summed E-state index contributed by atoms with van der Waals surface area (Å²) in [5.41, 5.74) is 0. The number of hydrogen-bond donors (Lipinski definition) is 0. The van der Waals surface area contributed by atoms with Crippen LogP contribution in [0.15, 0.2) is 0 Å². The Hall–Kier alpha value is -0.710. The van der Waals surface area contributed by atoms with Crippen LogP contribution >= 0.6 is 11.8 Å². The molecular weight excluding hydrogens is 248 g/mol. The Balaban J connectivity index is 1.70. The first-order valence-electron chi connectivity index (χ1n) is 6.95. The van der Waals surface area contributed by atoms with Crippen molar-refractivity contribution in [2.24, 2.45) is 0 Å². The maximum atomic E-state index is 12.5. The van der Waals surface area contributed by atoms with Gasteiger partial charge in [0.2, 0.25) is 11.8 Å². The molecule has 4 nitrogen and oxygen atoms in total. The van der Waals surface area contributed by atoms with Crippen LogP contribution in [0, 0.1) is 0 Å². The van der Waals surface area contributed by atoms with Gasteiger partial charge in [-0.25, -0.2) is 0 Å². The van der Waals surface area contributed by atoms with Gasteiger partial charge in [-0.15, -0.1) is 0 Å². The van der Waals surface area contributed by atoms with Crippen LogP contribution in [-0.4, -0.2) is 58.3 Å². The van der Waals surface area contributed by atoms with Crippen molar-refractivity contribution in [1.82, 2.24) is 9.80 Å². The maximum Gasteiger partial charge on any atom is 0.245 e. The Morgan fingerprint density at radius 3 is 2.83 bits per heavy atom. The highest BCUT2D eigenvalue weighted by atomic mass is 32.2. The zero-order valence-electron chi connectivity index (χ0n) is 10.6. The lowest BCUT2D eigenvalue weighted by Crippen LogP contribution is -2.45. The third-order valence-corrected chi connectivity index (χ3v) is 5.59. The minimum atomic E-state index is -0.147. The lowest BCUT2D eigenvalue weighted by atomic mass is 10.2. The summed E-state index contributed by atoms with van der Waals surface area (Å²) in [6.45, 7) is 2.25. The molecule has 100 valence electrons. The molecule has 3 aliphatic heterocycles. The van der Waals surface area contributed by atoms with E-state index in [1.165, 1.54) is 18.6 Å². The van der Waals surface area contributed by atoms with Crippen molar-refractivity contribution >= 4 is 23.6 Å². The van der Waals surface area contributed by atoms with E-state index < -0.39 is 0 Å². The SMILES string of the molecule is O=C1C2CCCN2C(=O)CCN1CC1CCCS1. The number of carbonyl (C=O) groups excluding carboxylic acids is 2. The van der Waals surface area contributed by atoms with Crippen LogP contribution < -0.4 is 0 Å². The molecule has 0 N–H and O–H groups in total. The first-order valence-corrected chi connectivity index (χ1v) is 8.00. The van der Waals surface area contributed by atoms with Crippen LogP contribution in [0.4, 0.5) is 0 Å². The molecule has 18 heavy (non-hydrogen) atoms. The minimum absolute atomic E-state index is 0.147. The summed E-state index contributed by atoms with van der Waals surface area (Å²) in [6, 6.07) is -0.147. The number of hydrogen-bond acceptors (Lipinski definition) is 3. The Bertz CT molecular complexity index is 355. The van der Waals surface area contributed by atoms with Gasteiger partial charge in [-0.05, 0) is 31.4 Å². The summed E-state index contributed by atoms with van der Waals surface area (Å²) in [6.07, 6.45) is 4.84. The van der Waals surface area contributed by atoms with Crippen molar-refractivity contribution in [3.05, 3.63) is 0 Å². The lowest BCUT2D eigenvalue weighted by molar-refractivity contribution is -0.139. The van der Waals surface area contributed by atoms with E-state index in [-0.39, 0.29) is 17.9 Å². The van der Waals surface area contributed by atoms with Gasteiger partial charge in [-0.1, -0.05) is 0 Å². The molecule has 2 unspecified atom stereocenters. The highest BCUT2D eigenvalue weighted by Crippen LogP contribution is 2.29. The fourth-order valence-electron chi connectivity index (χ4n) is 3.23. The molecule has 3 heterocycles. The van der Waals surface area contributed by atoms with Crippen molar-refractivity contribution in [1.29, 1.82) is 0 Å². The molecule has 0 bridgehead atoms. The molecule has 5 heteroatoms. The maximum absolute atomic E-state index is 12.5. The molecule has 3 fully saturated rings. The molecule has 0 spiro atoms. The smallest absolute Gasteiger partial charge is 0.245 e. The van der Waals surface area contributed by atoms with Crippen LogP contribution in [0.25, 0.3) is 0 Å². The topological polar surface area (TPSA) is 40.6 Å². The molecule has 0 aromatic carbocycles. The Labute approximate surface area is 112 Å². The van der Waals surface area contributed by atoms with Crippen LogP contribution in [0.1, 0.15) is 32.1 Å². The second-order valence-corrected chi connectivity index (χ2v) is 6.82. The van der Waals surface area contributed by atoms with Gasteiger partial charge in [0.1, 0.15) is 6.04 Å². The third-order valence-electron chi connectivity index (χ3n) is 4.21. The largest absolute Gasteiger partial charge is 0.339 e. The quantitative estimate of drug-likeness (QED) is 0.753. The fourth-order valence-corrected chi connectivity index (χ4v) is 4.52. The van der Waals surface area contributed by atoms with E-state index in [0.29, 0.717) is 18.2 Å². The first kappa shape index (κ1) is 12.3. The second-order valence-electron chi connectivity index (χ2n) is 5.41. The van der Waals surface area contributed by atoms with E-state index in [4.69, 9.17) is 0 Å². The van der Waals surface area contributed by atoms with Crippen molar-refractivity contribution < 1.29 is 9.59 Å². The van der Waals surface area contributed by atoms with Gasteiger partial charge in [-0.2, -0.15) is 11.8 Å². The van der Waals surface area contributed by atoms with Gasteiger partial charge >= 0.3 is 0 Å². The number of nitrogens with zero attached hydrogens (tertiary/aromatic N) is 2. The van der Waals surface area contributed by atoms with Crippen LogP contribution in [0.3, 0.4) is 0 Å². The monoisotopic (exact) mass is 268 g/mol. The normalized spacial score (nSPS) is 32.9. The highest BCUT2D eigenvalue weighted by molar-refractivity contribution is 8.00. The average molecular weight is 268 g/mol. The van der Waals surface area contributed by atoms with Crippen molar-refractivity contribution in [3.63, 3.8) is 0 Å². The van der Waals surface area contributed by atoms with Crippen LogP contribution in [0.2, 0.25) is 0 Å². The second kappa shape index (κ2) is 5.11. The standard InChI is InChI=1S/C13H20N2O2S/c16-12-5-7-14(9-10-3-2-8-18-10)13(17)11-4-1-6-15(11)12/h10-11H,1-9H2. The Morgan fingerprint density at radius 2 is 2.06 bits per heavy atom. The number of fused-ring (bicyclic) bond motifs is 1. The van der Waals surface area contributed by atoms with Gasteiger partial charge < -0.3 is 9.80 Å². The summed E-state index contributed by atoms with van der Waals surface area (Å²) in [4.78, 5) is 28.2. The summed E-state index contributed by atoms with van der Waals surface area (Å²) in [7, 11) is 0. The molecule has 2 atom stereocenters. The molecule has 0 radical (unpaired) electrons.